The van der Waals surface area contributed by atoms with Gasteiger partial charge in [-0.2, -0.15) is 0 Å². The minimum Gasteiger partial charge on any atom is -0.346 e. The van der Waals surface area contributed by atoms with Crippen molar-refractivity contribution in [2.45, 2.75) is 25.3 Å². The summed E-state index contributed by atoms with van der Waals surface area (Å²) in [4.78, 5) is 22.5. The lowest BCUT2D eigenvalue weighted by molar-refractivity contribution is -0.384. The number of carbonyl (C=O) groups is 1. The Balaban J connectivity index is 1.68. The van der Waals surface area contributed by atoms with Crippen LogP contribution >= 0.6 is 0 Å². The first-order valence-corrected chi connectivity index (χ1v) is 7.94. The van der Waals surface area contributed by atoms with Gasteiger partial charge in [-0.3, -0.25) is 14.9 Å². The zero-order valence-electron chi connectivity index (χ0n) is 13.1. The summed E-state index contributed by atoms with van der Waals surface area (Å²) in [5.74, 6) is -0.191. The van der Waals surface area contributed by atoms with Crippen molar-refractivity contribution >= 4 is 17.7 Å². The zero-order valence-corrected chi connectivity index (χ0v) is 13.1. The summed E-state index contributed by atoms with van der Waals surface area (Å²) in [6, 6.07) is 14.4. The Labute approximate surface area is 140 Å². The second-order valence-corrected chi connectivity index (χ2v) is 5.84. The number of rotatable bonds is 4. The van der Waals surface area contributed by atoms with Crippen molar-refractivity contribution in [1.82, 2.24) is 5.32 Å². The van der Waals surface area contributed by atoms with Crippen LogP contribution in [-0.4, -0.2) is 10.8 Å². The monoisotopic (exact) mass is 322 g/mol. The van der Waals surface area contributed by atoms with E-state index >= 15 is 0 Å². The van der Waals surface area contributed by atoms with Crippen molar-refractivity contribution in [2.24, 2.45) is 0 Å². The Bertz CT molecular complexity index is 799. The first kappa shape index (κ1) is 15.9. The molecule has 2 aromatic rings. The van der Waals surface area contributed by atoms with Crippen LogP contribution in [0.25, 0.3) is 6.08 Å². The van der Waals surface area contributed by atoms with Gasteiger partial charge in [0.2, 0.25) is 5.91 Å². The second-order valence-electron chi connectivity index (χ2n) is 5.84. The summed E-state index contributed by atoms with van der Waals surface area (Å²) in [7, 11) is 0. The molecule has 1 amide bonds. The van der Waals surface area contributed by atoms with Crippen molar-refractivity contribution in [2.75, 3.05) is 0 Å². The molecule has 1 N–H and O–H groups in total. The van der Waals surface area contributed by atoms with Gasteiger partial charge in [-0.25, -0.2) is 0 Å². The average molecular weight is 322 g/mol. The van der Waals surface area contributed by atoms with Crippen LogP contribution in [0.4, 0.5) is 5.69 Å². The van der Waals surface area contributed by atoms with Gasteiger partial charge >= 0.3 is 0 Å². The number of nitro benzene ring substituents is 1. The molecule has 0 radical (unpaired) electrons. The Morgan fingerprint density at radius 1 is 1.21 bits per heavy atom. The molecule has 0 saturated heterocycles. The van der Waals surface area contributed by atoms with Crippen LogP contribution in [0.5, 0.6) is 0 Å². The lowest BCUT2D eigenvalue weighted by Crippen LogP contribution is -2.29. The molecular weight excluding hydrogens is 304 g/mol. The molecule has 0 spiro atoms. The maximum Gasteiger partial charge on any atom is 0.270 e. The Kier molecular flexibility index (Phi) is 4.70. The zero-order chi connectivity index (χ0) is 16.9. The Morgan fingerprint density at radius 2 is 2.04 bits per heavy atom. The van der Waals surface area contributed by atoms with Gasteiger partial charge in [-0.05, 0) is 42.0 Å². The van der Waals surface area contributed by atoms with E-state index in [1.54, 1.807) is 18.2 Å². The van der Waals surface area contributed by atoms with Crippen LogP contribution < -0.4 is 5.32 Å². The largest absolute Gasteiger partial charge is 0.346 e. The van der Waals surface area contributed by atoms with E-state index in [0.29, 0.717) is 5.56 Å². The van der Waals surface area contributed by atoms with Gasteiger partial charge in [0.25, 0.3) is 5.69 Å². The van der Waals surface area contributed by atoms with Crippen molar-refractivity contribution in [3.8, 4) is 0 Å². The van der Waals surface area contributed by atoms with E-state index in [-0.39, 0.29) is 17.6 Å². The molecule has 122 valence electrons. The minimum atomic E-state index is -0.448. The standard InChI is InChI=1S/C19H18N2O3/c22-19(12-11-14-5-3-8-16(13-14)21(23)24)20-18-10-4-7-15-6-1-2-9-17(15)18/h1-3,5-6,8-9,11-13,18H,4,7,10H2,(H,20,22)/b12-11+/t18-/m0/s1. The number of carbonyl (C=O) groups excluding carboxylic acids is 1. The fourth-order valence-electron chi connectivity index (χ4n) is 3.04. The summed E-state index contributed by atoms with van der Waals surface area (Å²) in [5.41, 5.74) is 3.11. The predicted molar refractivity (Wildman–Crippen MR) is 92.4 cm³/mol. The van der Waals surface area contributed by atoms with Crippen molar-refractivity contribution in [3.63, 3.8) is 0 Å². The molecule has 0 saturated carbocycles. The third-order valence-electron chi connectivity index (χ3n) is 4.19. The fourth-order valence-corrected chi connectivity index (χ4v) is 3.04. The number of aryl methyl sites for hydroxylation is 1. The number of hydrogen-bond acceptors (Lipinski definition) is 3. The molecule has 0 heterocycles. The highest BCUT2D eigenvalue weighted by Gasteiger charge is 2.20. The maximum absolute atomic E-state index is 12.2. The maximum atomic E-state index is 12.2. The minimum absolute atomic E-state index is 0.0127. The van der Waals surface area contributed by atoms with Gasteiger partial charge in [0, 0.05) is 18.2 Å². The number of hydrogen-bond donors (Lipinski definition) is 1. The number of amides is 1. The number of benzene rings is 2. The van der Waals surface area contributed by atoms with E-state index < -0.39 is 4.92 Å². The molecule has 0 unspecified atom stereocenters. The van der Waals surface area contributed by atoms with Gasteiger partial charge in [0.15, 0.2) is 0 Å². The van der Waals surface area contributed by atoms with E-state index in [1.807, 2.05) is 12.1 Å². The van der Waals surface area contributed by atoms with Crippen LogP contribution in [-0.2, 0) is 11.2 Å². The summed E-state index contributed by atoms with van der Waals surface area (Å²) < 4.78 is 0. The van der Waals surface area contributed by atoms with Crippen LogP contribution in [0.15, 0.2) is 54.6 Å². The average Bonchev–Trinajstić information content (AvgIpc) is 2.60. The predicted octanol–water partition coefficient (Wildman–Crippen LogP) is 3.80. The van der Waals surface area contributed by atoms with Gasteiger partial charge in [-0.1, -0.05) is 36.4 Å². The summed E-state index contributed by atoms with van der Waals surface area (Å²) in [6.07, 6.45) is 6.05. The molecule has 5 heteroatoms. The third kappa shape index (κ3) is 3.68. The van der Waals surface area contributed by atoms with Gasteiger partial charge < -0.3 is 5.32 Å². The first-order valence-electron chi connectivity index (χ1n) is 7.94. The van der Waals surface area contributed by atoms with E-state index in [1.165, 1.54) is 29.3 Å². The molecule has 2 aromatic carbocycles. The number of fused-ring (bicyclic) bond motifs is 1. The third-order valence-corrected chi connectivity index (χ3v) is 4.19. The molecule has 5 nitrogen and oxygen atoms in total. The molecule has 1 atom stereocenters. The molecule has 24 heavy (non-hydrogen) atoms. The highest BCUT2D eigenvalue weighted by molar-refractivity contribution is 5.92. The molecule has 0 aromatic heterocycles. The van der Waals surface area contributed by atoms with Crippen LogP contribution in [0.1, 0.15) is 35.6 Å². The van der Waals surface area contributed by atoms with Crippen LogP contribution in [0.3, 0.4) is 0 Å². The van der Waals surface area contributed by atoms with E-state index in [4.69, 9.17) is 0 Å². The Morgan fingerprint density at radius 3 is 2.88 bits per heavy atom. The molecule has 3 rings (SSSR count). The topological polar surface area (TPSA) is 72.2 Å². The number of nitrogens with zero attached hydrogens (tertiary/aromatic N) is 1. The Hall–Kier alpha value is -2.95. The second kappa shape index (κ2) is 7.08. The van der Waals surface area contributed by atoms with Crippen molar-refractivity contribution in [1.29, 1.82) is 0 Å². The van der Waals surface area contributed by atoms with Crippen molar-refractivity contribution < 1.29 is 9.72 Å². The van der Waals surface area contributed by atoms with Crippen molar-refractivity contribution in [3.05, 3.63) is 81.4 Å². The SMILES string of the molecule is O=C(/C=C/c1cccc([N+](=O)[O-])c1)N[C@H]1CCCc2ccccc21. The van der Waals surface area contributed by atoms with Gasteiger partial charge in [0.1, 0.15) is 0 Å². The summed E-state index contributed by atoms with van der Waals surface area (Å²) in [5, 5.41) is 13.8. The molecule has 0 fully saturated rings. The molecule has 0 bridgehead atoms. The number of nitro groups is 1. The summed E-state index contributed by atoms with van der Waals surface area (Å²) in [6.45, 7) is 0. The highest BCUT2D eigenvalue weighted by atomic mass is 16.6. The lowest BCUT2D eigenvalue weighted by atomic mass is 9.88. The van der Waals surface area contributed by atoms with Crippen LogP contribution in [0, 0.1) is 10.1 Å². The lowest BCUT2D eigenvalue weighted by Gasteiger charge is -2.25. The van der Waals surface area contributed by atoms with Gasteiger partial charge in [0.05, 0.1) is 11.0 Å². The number of nitrogens with one attached hydrogen (secondary N) is 1. The smallest absolute Gasteiger partial charge is 0.270 e. The number of non-ortho nitro benzene ring substituents is 1. The molecule has 1 aliphatic carbocycles. The normalized spacial score (nSPS) is 16.6. The highest BCUT2D eigenvalue weighted by Crippen LogP contribution is 2.29. The first-order chi connectivity index (χ1) is 11.6. The van der Waals surface area contributed by atoms with E-state index in [0.717, 1.165) is 19.3 Å². The quantitative estimate of drug-likeness (QED) is 0.528. The van der Waals surface area contributed by atoms with Gasteiger partial charge in [-0.15, -0.1) is 0 Å². The fraction of sp³-hybridized carbons (Fsp3) is 0.211. The molecule has 0 aliphatic heterocycles. The van der Waals surface area contributed by atoms with Crippen LogP contribution in [0.2, 0.25) is 0 Å². The molecule has 1 aliphatic rings. The van der Waals surface area contributed by atoms with E-state index in [2.05, 4.69) is 17.4 Å². The van der Waals surface area contributed by atoms with E-state index in [9.17, 15) is 14.9 Å². The summed E-state index contributed by atoms with van der Waals surface area (Å²) >= 11 is 0. The molecular formula is C19H18N2O3.